The van der Waals surface area contributed by atoms with E-state index in [-0.39, 0.29) is 122 Å². The van der Waals surface area contributed by atoms with Crippen molar-refractivity contribution in [2.24, 2.45) is 4.99 Å². The molecule has 1 fully saturated rings. The monoisotopic (exact) mass is 677 g/mol. The van der Waals surface area contributed by atoms with Gasteiger partial charge in [0, 0.05) is 30.0 Å². The third kappa shape index (κ3) is 8.64. The first-order valence-electron chi connectivity index (χ1n) is 14.4. The van der Waals surface area contributed by atoms with Crippen LogP contribution in [0.5, 0.6) is 5.75 Å². The van der Waals surface area contributed by atoms with Crippen molar-refractivity contribution in [3.63, 3.8) is 0 Å². The summed E-state index contributed by atoms with van der Waals surface area (Å²) < 4.78 is 42.4. The molecule has 240 valence electrons. The van der Waals surface area contributed by atoms with Gasteiger partial charge >= 0.3 is 51.4 Å². The van der Waals surface area contributed by atoms with E-state index in [9.17, 15) is 14.8 Å². The largest absolute Gasteiger partial charge is 1.00 e. The van der Waals surface area contributed by atoms with Crippen molar-refractivity contribution in [3.05, 3.63) is 53.0 Å². The second kappa shape index (κ2) is 18.1. The number of amidine groups is 1. The van der Waals surface area contributed by atoms with E-state index in [0.29, 0.717) is 59.4 Å². The summed E-state index contributed by atoms with van der Waals surface area (Å²) in [6, 6.07) is 7.79. The van der Waals surface area contributed by atoms with Gasteiger partial charge in [-0.05, 0) is 18.4 Å². The van der Waals surface area contributed by atoms with Gasteiger partial charge in [0.05, 0.1) is 49.8 Å². The molecule has 0 amide bonds. The summed E-state index contributed by atoms with van der Waals surface area (Å²) in [6.07, 6.45) is 0.0778. The summed E-state index contributed by atoms with van der Waals surface area (Å²) in [7, 11) is 0. The van der Waals surface area contributed by atoms with E-state index in [2.05, 4.69) is 22.4 Å². The van der Waals surface area contributed by atoms with Crippen molar-refractivity contribution in [3.8, 4) is 22.9 Å². The van der Waals surface area contributed by atoms with Crippen LogP contribution in [-0.2, 0) is 36.9 Å². The SMILES string of the molecule is CC.CCC(=N)OC(=N)CN/C(=N/[CH-]OCC1COCCO1)c1[c-]c(O)c(-c2ccc(F)c3sc(N)c(C#N)c23)c2c1COC2.[K+]. The molecule has 46 heavy (non-hydrogen) atoms. The zero-order valence-corrected chi connectivity index (χ0v) is 30.2. The van der Waals surface area contributed by atoms with Crippen molar-refractivity contribution in [1.82, 2.24) is 5.32 Å². The maximum atomic E-state index is 14.7. The molecule has 0 aliphatic carbocycles. The Morgan fingerprint density at radius 1 is 1.26 bits per heavy atom. The molecule has 0 radical (unpaired) electrons. The van der Waals surface area contributed by atoms with Crippen LogP contribution in [0.4, 0.5) is 9.39 Å². The summed E-state index contributed by atoms with van der Waals surface area (Å²) in [4.78, 5) is 4.41. The van der Waals surface area contributed by atoms with E-state index in [1.807, 2.05) is 13.8 Å². The predicted molar refractivity (Wildman–Crippen MR) is 169 cm³/mol. The average Bonchev–Trinajstić information content (AvgIpc) is 3.67. The van der Waals surface area contributed by atoms with Crippen molar-refractivity contribution in [2.75, 3.05) is 38.7 Å². The van der Waals surface area contributed by atoms with Crippen molar-refractivity contribution < 1.29 is 84.6 Å². The van der Waals surface area contributed by atoms with E-state index in [1.54, 1.807) is 6.92 Å². The number of aliphatic imine (C=N–C) groups is 1. The molecule has 3 heterocycles. The number of hydrogen-bond donors (Lipinski definition) is 5. The number of nitrogens with two attached hydrogens (primary N) is 1. The summed E-state index contributed by atoms with van der Waals surface area (Å²) in [6.45, 7) is 8.70. The topological polar surface area (TPSA) is 188 Å². The first-order chi connectivity index (χ1) is 21.8. The molecule has 0 spiro atoms. The Morgan fingerprint density at radius 3 is 2.72 bits per heavy atom. The van der Waals surface area contributed by atoms with Gasteiger partial charge in [-0.25, -0.2) is 4.39 Å². The van der Waals surface area contributed by atoms with Crippen LogP contribution in [0.25, 0.3) is 21.2 Å². The van der Waals surface area contributed by atoms with Gasteiger partial charge in [0.1, 0.15) is 23.0 Å². The number of fused-ring (bicyclic) bond motifs is 2. The van der Waals surface area contributed by atoms with Crippen LogP contribution < -0.4 is 62.4 Å². The summed E-state index contributed by atoms with van der Waals surface area (Å²) >= 11 is 0.969. The maximum absolute atomic E-state index is 14.7. The van der Waals surface area contributed by atoms with E-state index >= 15 is 0 Å². The molecule has 3 aromatic rings. The van der Waals surface area contributed by atoms with Crippen LogP contribution in [0.2, 0.25) is 0 Å². The van der Waals surface area contributed by atoms with Gasteiger partial charge in [-0.3, -0.25) is 10.8 Å². The zero-order valence-electron chi connectivity index (χ0n) is 26.2. The van der Waals surface area contributed by atoms with E-state index in [4.69, 9.17) is 40.2 Å². The van der Waals surface area contributed by atoms with Gasteiger partial charge in [-0.2, -0.15) is 5.26 Å². The number of benzene rings is 2. The molecule has 1 unspecified atom stereocenters. The van der Waals surface area contributed by atoms with Crippen LogP contribution in [0.3, 0.4) is 0 Å². The quantitative estimate of drug-likeness (QED) is 0.0742. The van der Waals surface area contributed by atoms with Crippen LogP contribution in [0.1, 0.15) is 49.4 Å². The molecule has 2 aliphatic rings. The zero-order chi connectivity index (χ0) is 32.5. The van der Waals surface area contributed by atoms with Crippen LogP contribution in [-0.4, -0.2) is 61.8 Å². The number of anilines is 1. The summed E-state index contributed by atoms with van der Waals surface area (Å²) in [5, 5.41) is 40.4. The van der Waals surface area contributed by atoms with Gasteiger partial charge in [0.15, 0.2) is 5.90 Å². The van der Waals surface area contributed by atoms with Gasteiger partial charge in [0.25, 0.3) is 0 Å². The Morgan fingerprint density at radius 2 is 2.02 bits per heavy atom. The number of hydrogen-bond acceptors (Lipinski definition) is 12. The number of aromatic hydroxyl groups is 1. The number of phenols is 1. The predicted octanol–water partition coefficient (Wildman–Crippen LogP) is 2.00. The summed E-state index contributed by atoms with van der Waals surface area (Å²) in [5.74, 6) is -0.875. The number of thiophene rings is 1. The van der Waals surface area contributed by atoms with Gasteiger partial charge in [-0.15, -0.1) is 16.9 Å². The number of nitrogens with zero attached hydrogens (tertiary/aromatic N) is 2. The molecule has 12 nitrogen and oxygen atoms in total. The standard InChI is InChI=1S/C29H29FN6O6S.C2H6.K/c1-2-23(32)42-24(33)9-35-29(36-14-40-11-15-10-38-5-6-41-15)17-7-22(37)25(20-13-39-12-19(17)20)16-3-4-21(30)27-26(16)18(8-31)28(34)43-27;1-2;/h3-4,14-15,32-33,37H,2,5-6,9-13,34H2,1H3,(H,35,36);1-2H3;/q-2;;+1. The maximum Gasteiger partial charge on any atom is 1.00 e. The van der Waals surface area contributed by atoms with E-state index in [1.165, 1.54) is 18.9 Å². The fourth-order valence-electron chi connectivity index (χ4n) is 4.77. The molecule has 1 atom stereocenters. The van der Waals surface area contributed by atoms with Gasteiger partial charge < -0.3 is 44.8 Å². The third-order valence-corrected chi connectivity index (χ3v) is 7.81. The summed E-state index contributed by atoms with van der Waals surface area (Å²) in [5.41, 5.74) is 8.54. The molecule has 6 N–H and O–H groups in total. The molecule has 1 aromatic heterocycles. The molecular formula is C31H35FKN6O6S-. The number of ether oxygens (including phenoxy) is 5. The molecule has 0 bridgehead atoms. The number of nitrogens with one attached hydrogen (secondary N) is 3. The average molecular weight is 678 g/mol. The molecular weight excluding hydrogens is 643 g/mol. The van der Waals surface area contributed by atoms with E-state index in [0.717, 1.165) is 11.3 Å². The smallest absolute Gasteiger partial charge is 0.527 e. The van der Waals surface area contributed by atoms with Crippen LogP contribution >= 0.6 is 11.3 Å². The van der Waals surface area contributed by atoms with Crippen LogP contribution in [0, 0.1) is 40.8 Å². The molecule has 2 aromatic carbocycles. The van der Waals surface area contributed by atoms with Gasteiger partial charge in [-0.1, -0.05) is 49.6 Å². The first kappa shape index (κ1) is 37.8. The number of nitriles is 1. The minimum atomic E-state index is -0.523. The number of phenolic OH excluding ortho intramolecular Hbond substituents is 1. The van der Waals surface area contributed by atoms with Gasteiger partial charge in [0.2, 0.25) is 5.90 Å². The molecule has 5 rings (SSSR count). The van der Waals surface area contributed by atoms with E-state index < -0.39 is 5.82 Å². The fourth-order valence-corrected chi connectivity index (χ4v) is 5.72. The molecule has 1 saturated heterocycles. The number of nitrogen functional groups attached to an aromatic ring is 1. The Balaban J connectivity index is 0.00000188. The Labute approximate surface area is 313 Å². The molecule has 15 heteroatoms. The Bertz CT molecular complexity index is 1640. The second-order valence-corrected chi connectivity index (χ2v) is 10.6. The normalized spacial score (nSPS) is 15.5. The Hall–Kier alpha value is -2.62. The third-order valence-electron chi connectivity index (χ3n) is 6.78. The van der Waals surface area contributed by atoms with Crippen LogP contribution in [0.15, 0.2) is 17.1 Å². The Kier molecular flexibility index (Phi) is 14.9. The minimum absolute atomic E-state index is 0. The van der Waals surface area contributed by atoms with Crippen molar-refractivity contribution in [2.45, 2.75) is 46.5 Å². The van der Waals surface area contributed by atoms with Crippen molar-refractivity contribution >= 4 is 44.1 Å². The van der Waals surface area contributed by atoms with Crippen molar-refractivity contribution in [1.29, 1.82) is 16.1 Å². The fraction of sp³-hybridized carbons (Fsp3) is 0.387. The number of halogens is 1. The molecule has 0 saturated carbocycles. The molecule has 2 aliphatic heterocycles. The first-order valence-corrected chi connectivity index (χ1v) is 15.2. The number of rotatable bonds is 9. The second-order valence-electron chi connectivity index (χ2n) is 9.57. The minimum Gasteiger partial charge on any atom is -0.527 e.